The van der Waals surface area contributed by atoms with Crippen LogP contribution < -0.4 is 4.74 Å². The molecule has 2 nitrogen and oxygen atoms in total. The lowest BCUT2D eigenvalue weighted by Gasteiger charge is -2.35. The van der Waals surface area contributed by atoms with Gasteiger partial charge >= 0.3 is 0 Å². The van der Waals surface area contributed by atoms with E-state index in [1.54, 1.807) is 0 Å². The Morgan fingerprint density at radius 3 is 2.17 bits per heavy atom. The number of rotatable bonds is 6. The topological polar surface area (TPSA) is 21.6 Å². The zero-order valence-corrected chi connectivity index (χ0v) is 19.7. The zero-order chi connectivity index (χ0) is 21.7. The van der Waals surface area contributed by atoms with Gasteiger partial charge in [0.05, 0.1) is 6.10 Å². The van der Waals surface area contributed by atoms with E-state index in [4.69, 9.17) is 9.73 Å². The van der Waals surface area contributed by atoms with Gasteiger partial charge in [-0.2, -0.15) is 0 Å². The minimum atomic E-state index is 0.143. The largest absolute Gasteiger partial charge is 0.489 e. The maximum Gasteiger partial charge on any atom is 0.136 e. The molecule has 0 bridgehead atoms. The summed E-state index contributed by atoms with van der Waals surface area (Å²) in [5.41, 5.74) is 3.82. The maximum atomic E-state index is 6.50. The molecule has 0 saturated heterocycles. The van der Waals surface area contributed by atoms with Crippen LogP contribution in [-0.2, 0) is 0 Å². The molecule has 1 aliphatic rings. The van der Waals surface area contributed by atoms with Gasteiger partial charge in [0.15, 0.2) is 0 Å². The molecule has 1 saturated carbocycles. The number of hydrogen-bond acceptors (Lipinski definition) is 2. The van der Waals surface area contributed by atoms with Gasteiger partial charge in [0.2, 0.25) is 0 Å². The highest BCUT2D eigenvalue weighted by Gasteiger charge is 2.29. The molecule has 1 aliphatic carbocycles. The molecule has 1 atom stereocenters. The first-order valence-corrected chi connectivity index (χ1v) is 11.6. The lowest BCUT2D eigenvalue weighted by molar-refractivity contribution is 0.170. The van der Waals surface area contributed by atoms with Crippen molar-refractivity contribution in [1.82, 2.24) is 0 Å². The van der Waals surface area contributed by atoms with Crippen molar-refractivity contribution in [3.8, 4) is 16.9 Å². The first-order chi connectivity index (χ1) is 14.3. The maximum absolute atomic E-state index is 6.50. The van der Waals surface area contributed by atoms with E-state index < -0.39 is 0 Å². The van der Waals surface area contributed by atoms with Gasteiger partial charge in [0.25, 0.3) is 0 Å². The molecule has 0 aromatic heterocycles. The standard InChI is InChI=1S/C28H39NO/c1-20(2)21(3)30-27-23(13-10-14-26(27)22-11-8-7-9-12-22)19-29-25-17-15-24(16-18-25)28(4,5)6/h7-14,19-21,24-25H,15-18H2,1-6H3. The molecule has 3 rings (SSSR count). The summed E-state index contributed by atoms with van der Waals surface area (Å²) in [4.78, 5) is 5.01. The van der Waals surface area contributed by atoms with Crippen LogP contribution in [0, 0.1) is 17.3 Å². The molecule has 0 radical (unpaired) electrons. The summed E-state index contributed by atoms with van der Waals surface area (Å²) in [6, 6.07) is 17.4. The summed E-state index contributed by atoms with van der Waals surface area (Å²) in [7, 11) is 0. The minimum Gasteiger partial charge on any atom is -0.489 e. The predicted octanol–water partition coefficient (Wildman–Crippen LogP) is 7.80. The predicted molar refractivity (Wildman–Crippen MR) is 130 cm³/mol. The molecule has 0 heterocycles. The Labute approximate surface area is 183 Å². The smallest absolute Gasteiger partial charge is 0.136 e. The highest BCUT2D eigenvalue weighted by atomic mass is 16.5. The molecule has 0 amide bonds. The molecule has 162 valence electrons. The third-order valence-electron chi connectivity index (χ3n) is 6.72. The number of nitrogens with zero attached hydrogens (tertiary/aromatic N) is 1. The van der Waals surface area contributed by atoms with E-state index in [1.165, 1.54) is 31.2 Å². The highest BCUT2D eigenvalue weighted by Crippen LogP contribution is 2.39. The second-order valence-corrected chi connectivity index (χ2v) is 10.3. The fourth-order valence-electron chi connectivity index (χ4n) is 4.23. The molecule has 0 N–H and O–H groups in total. The second kappa shape index (κ2) is 9.81. The number of para-hydroxylation sites is 1. The summed E-state index contributed by atoms with van der Waals surface area (Å²) in [6.07, 6.45) is 7.15. The van der Waals surface area contributed by atoms with Crippen LogP contribution in [0.3, 0.4) is 0 Å². The van der Waals surface area contributed by atoms with Gasteiger partial charge in [-0.1, -0.05) is 77.1 Å². The van der Waals surface area contributed by atoms with Gasteiger partial charge in [0, 0.05) is 23.4 Å². The van der Waals surface area contributed by atoms with E-state index in [0.29, 0.717) is 17.4 Å². The van der Waals surface area contributed by atoms with E-state index in [1.807, 2.05) is 0 Å². The zero-order valence-electron chi connectivity index (χ0n) is 19.7. The third kappa shape index (κ3) is 5.74. The Hall–Kier alpha value is -2.09. The van der Waals surface area contributed by atoms with Gasteiger partial charge in [-0.05, 0) is 61.5 Å². The number of ether oxygens (including phenoxy) is 1. The lowest BCUT2D eigenvalue weighted by atomic mass is 9.71. The second-order valence-electron chi connectivity index (χ2n) is 10.3. The first kappa shape index (κ1) is 22.6. The van der Waals surface area contributed by atoms with Crippen molar-refractivity contribution in [2.75, 3.05) is 0 Å². The lowest BCUT2D eigenvalue weighted by Crippen LogP contribution is -2.27. The first-order valence-electron chi connectivity index (χ1n) is 11.6. The van der Waals surface area contributed by atoms with Gasteiger partial charge < -0.3 is 4.74 Å². The Bertz CT molecular complexity index is 823. The van der Waals surface area contributed by atoms with Crippen LogP contribution >= 0.6 is 0 Å². The summed E-state index contributed by atoms with van der Waals surface area (Å²) in [5, 5.41) is 0. The van der Waals surface area contributed by atoms with Crippen LogP contribution in [0.5, 0.6) is 5.75 Å². The molecule has 2 aromatic rings. The Balaban J connectivity index is 1.84. The van der Waals surface area contributed by atoms with Crippen LogP contribution in [0.2, 0.25) is 0 Å². The minimum absolute atomic E-state index is 0.143. The molecular formula is C28H39NO. The van der Waals surface area contributed by atoms with Crippen LogP contribution in [0.1, 0.15) is 72.8 Å². The van der Waals surface area contributed by atoms with Crippen LogP contribution in [0.4, 0.5) is 0 Å². The van der Waals surface area contributed by atoms with Crippen molar-refractivity contribution >= 4 is 6.21 Å². The SMILES string of the molecule is CC(C)C(C)Oc1c(C=NC2CCC(C(C)(C)C)CC2)cccc1-c1ccccc1. The highest BCUT2D eigenvalue weighted by molar-refractivity contribution is 5.89. The van der Waals surface area contributed by atoms with E-state index in [9.17, 15) is 0 Å². The summed E-state index contributed by atoms with van der Waals surface area (Å²) >= 11 is 0. The number of benzene rings is 2. The van der Waals surface area contributed by atoms with Crippen molar-refractivity contribution < 1.29 is 4.74 Å². The van der Waals surface area contributed by atoms with Crippen molar-refractivity contribution in [1.29, 1.82) is 0 Å². The van der Waals surface area contributed by atoms with E-state index in [0.717, 1.165) is 22.8 Å². The average molecular weight is 406 g/mol. The fraction of sp³-hybridized carbons (Fsp3) is 0.536. The Kier molecular flexibility index (Phi) is 7.39. The van der Waals surface area contributed by atoms with E-state index in [2.05, 4.69) is 96.3 Å². The van der Waals surface area contributed by atoms with Gasteiger partial charge in [-0.15, -0.1) is 0 Å². The number of hydrogen-bond donors (Lipinski definition) is 0. The van der Waals surface area contributed by atoms with Crippen molar-refractivity contribution in [2.45, 2.75) is 79.4 Å². The summed E-state index contributed by atoms with van der Waals surface area (Å²) in [6.45, 7) is 13.7. The van der Waals surface area contributed by atoms with Crippen LogP contribution in [0.15, 0.2) is 53.5 Å². The summed E-state index contributed by atoms with van der Waals surface area (Å²) in [5.74, 6) is 2.22. The molecular weight excluding hydrogens is 366 g/mol. The Morgan fingerprint density at radius 1 is 0.900 bits per heavy atom. The van der Waals surface area contributed by atoms with E-state index >= 15 is 0 Å². The Morgan fingerprint density at radius 2 is 1.57 bits per heavy atom. The molecule has 1 fully saturated rings. The monoisotopic (exact) mass is 405 g/mol. The molecule has 0 aliphatic heterocycles. The summed E-state index contributed by atoms with van der Waals surface area (Å²) < 4.78 is 6.50. The molecule has 2 heteroatoms. The van der Waals surface area contributed by atoms with Crippen molar-refractivity contribution in [3.63, 3.8) is 0 Å². The fourth-order valence-corrected chi connectivity index (χ4v) is 4.23. The molecule has 1 unspecified atom stereocenters. The average Bonchev–Trinajstić information content (AvgIpc) is 2.73. The quantitative estimate of drug-likeness (QED) is 0.449. The van der Waals surface area contributed by atoms with E-state index in [-0.39, 0.29) is 6.10 Å². The van der Waals surface area contributed by atoms with Gasteiger partial charge in [-0.3, -0.25) is 4.99 Å². The molecule has 2 aromatic carbocycles. The van der Waals surface area contributed by atoms with Gasteiger partial charge in [-0.25, -0.2) is 0 Å². The number of aliphatic imine (C=N–C) groups is 1. The molecule has 0 spiro atoms. The van der Waals surface area contributed by atoms with Gasteiger partial charge in [0.1, 0.15) is 5.75 Å². The van der Waals surface area contributed by atoms with Crippen LogP contribution in [0.25, 0.3) is 11.1 Å². The van der Waals surface area contributed by atoms with Crippen LogP contribution in [-0.4, -0.2) is 18.4 Å². The van der Waals surface area contributed by atoms with Crippen molar-refractivity contribution in [2.24, 2.45) is 22.2 Å². The normalized spacial score (nSPS) is 21.2. The molecule has 30 heavy (non-hydrogen) atoms. The third-order valence-corrected chi connectivity index (χ3v) is 6.72. The van der Waals surface area contributed by atoms with Crippen molar-refractivity contribution in [3.05, 3.63) is 54.1 Å².